The van der Waals surface area contributed by atoms with Gasteiger partial charge >= 0.3 is 0 Å². The topological polar surface area (TPSA) is 15.3 Å². The van der Waals surface area contributed by atoms with Crippen LogP contribution in [0, 0.1) is 11.3 Å². The van der Waals surface area contributed by atoms with Gasteiger partial charge in [0.15, 0.2) is 0 Å². The normalized spacial score (nSPS) is 26.5. The lowest BCUT2D eigenvalue weighted by atomic mass is 9.77. The molecule has 0 radical (unpaired) electrons. The van der Waals surface area contributed by atoms with Gasteiger partial charge in [0.05, 0.1) is 0 Å². The summed E-state index contributed by atoms with van der Waals surface area (Å²) in [6, 6.07) is 1.34. The molecule has 2 nitrogen and oxygen atoms in total. The summed E-state index contributed by atoms with van der Waals surface area (Å²) in [6.45, 7) is 14.2. The summed E-state index contributed by atoms with van der Waals surface area (Å²) >= 11 is 0. The minimum absolute atomic E-state index is 0.448. The van der Waals surface area contributed by atoms with E-state index in [2.05, 4.69) is 51.9 Å². The fraction of sp³-hybridized carbons (Fsp3) is 1.00. The first-order valence-electron chi connectivity index (χ1n) is 7.26. The van der Waals surface area contributed by atoms with Crippen LogP contribution in [-0.2, 0) is 0 Å². The third-order valence-corrected chi connectivity index (χ3v) is 4.37. The van der Waals surface area contributed by atoms with Crippen LogP contribution in [0.4, 0.5) is 0 Å². The maximum atomic E-state index is 3.71. The van der Waals surface area contributed by atoms with Crippen LogP contribution in [0.1, 0.15) is 53.9 Å². The van der Waals surface area contributed by atoms with Gasteiger partial charge in [-0.1, -0.05) is 27.7 Å². The highest BCUT2D eigenvalue weighted by atomic mass is 15.2. The lowest BCUT2D eigenvalue weighted by Gasteiger charge is -2.42. The summed E-state index contributed by atoms with van der Waals surface area (Å²) in [6.07, 6.45) is 3.98. The van der Waals surface area contributed by atoms with Crippen LogP contribution in [0.3, 0.4) is 0 Å². The summed E-state index contributed by atoms with van der Waals surface area (Å²) in [7, 11) is 2.28. The lowest BCUT2D eigenvalue weighted by molar-refractivity contribution is 0.116. The van der Waals surface area contributed by atoms with E-state index in [9.17, 15) is 0 Å². The Labute approximate surface area is 108 Å². The van der Waals surface area contributed by atoms with Gasteiger partial charge in [-0.3, -0.25) is 0 Å². The molecule has 1 aliphatic heterocycles. The minimum atomic E-state index is 0.448. The molecule has 0 bridgehead atoms. The van der Waals surface area contributed by atoms with Crippen molar-refractivity contribution in [3.8, 4) is 0 Å². The lowest BCUT2D eigenvalue weighted by Crippen LogP contribution is -2.53. The van der Waals surface area contributed by atoms with Crippen molar-refractivity contribution in [3.63, 3.8) is 0 Å². The molecule has 0 aliphatic carbocycles. The first-order valence-corrected chi connectivity index (χ1v) is 7.26. The van der Waals surface area contributed by atoms with Crippen molar-refractivity contribution in [1.29, 1.82) is 0 Å². The Morgan fingerprint density at radius 3 is 2.47 bits per heavy atom. The maximum absolute atomic E-state index is 3.71. The van der Waals surface area contributed by atoms with E-state index in [4.69, 9.17) is 0 Å². The molecule has 2 heteroatoms. The Balaban J connectivity index is 2.46. The van der Waals surface area contributed by atoms with E-state index >= 15 is 0 Å². The van der Waals surface area contributed by atoms with Gasteiger partial charge in [-0.2, -0.15) is 0 Å². The van der Waals surface area contributed by atoms with Crippen LogP contribution < -0.4 is 5.32 Å². The van der Waals surface area contributed by atoms with E-state index in [1.807, 2.05) is 0 Å². The Morgan fingerprint density at radius 1 is 1.29 bits per heavy atom. The number of likely N-dealkylation sites (N-methyl/N-ethyl adjacent to an activating group) is 1. The van der Waals surface area contributed by atoms with E-state index in [0.717, 1.165) is 5.92 Å². The van der Waals surface area contributed by atoms with Gasteiger partial charge in [0.25, 0.3) is 0 Å². The number of hydrogen-bond acceptors (Lipinski definition) is 2. The molecule has 17 heavy (non-hydrogen) atoms. The van der Waals surface area contributed by atoms with Gasteiger partial charge in [-0.25, -0.2) is 0 Å². The molecular formula is C15H32N2. The summed E-state index contributed by atoms with van der Waals surface area (Å²) in [5, 5.41) is 3.71. The predicted molar refractivity (Wildman–Crippen MR) is 76.4 cm³/mol. The fourth-order valence-electron chi connectivity index (χ4n) is 2.91. The third kappa shape index (κ3) is 4.59. The van der Waals surface area contributed by atoms with Crippen molar-refractivity contribution in [1.82, 2.24) is 10.2 Å². The zero-order valence-corrected chi connectivity index (χ0v) is 12.7. The van der Waals surface area contributed by atoms with Gasteiger partial charge in [0.2, 0.25) is 0 Å². The molecule has 2 unspecified atom stereocenters. The highest BCUT2D eigenvalue weighted by Gasteiger charge is 2.33. The van der Waals surface area contributed by atoms with Crippen LogP contribution in [0.2, 0.25) is 0 Å². The molecule has 0 aromatic carbocycles. The largest absolute Gasteiger partial charge is 0.312 e. The quantitative estimate of drug-likeness (QED) is 0.794. The zero-order chi connectivity index (χ0) is 13.1. The SMILES string of the molecule is CC(C)CC(C)N(C)CC1NCCCC1(C)C. The van der Waals surface area contributed by atoms with Crippen molar-refractivity contribution in [2.24, 2.45) is 11.3 Å². The number of rotatable bonds is 5. The van der Waals surface area contributed by atoms with E-state index in [1.54, 1.807) is 0 Å². The average molecular weight is 240 g/mol. The van der Waals surface area contributed by atoms with Crippen molar-refractivity contribution < 1.29 is 0 Å². The molecule has 2 atom stereocenters. The molecule has 0 aromatic rings. The van der Waals surface area contributed by atoms with Gasteiger partial charge < -0.3 is 10.2 Å². The van der Waals surface area contributed by atoms with Crippen molar-refractivity contribution in [2.75, 3.05) is 20.1 Å². The summed E-state index contributed by atoms with van der Waals surface area (Å²) < 4.78 is 0. The molecule has 1 saturated heterocycles. The van der Waals surface area contributed by atoms with Gasteiger partial charge in [-0.15, -0.1) is 0 Å². The Kier molecular flexibility index (Phi) is 5.46. The minimum Gasteiger partial charge on any atom is -0.312 e. The van der Waals surface area contributed by atoms with E-state index in [-0.39, 0.29) is 0 Å². The Bertz CT molecular complexity index is 223. The molecule has 1 aliphatic rings. The summed E-state index contributed by atoms with van der Waals surface area (Å²) in [5.74, 6) is 0.791. The molecule has 1 fully saturated rings. The smallest absolute Gasteiger partial charge is 0.0246 e. The van der Waals surface area contributed by atoms with Gasteiger partial charge in [0.1, 0.15) is 0 Å². The fourth-order valence-corrected chi connectivity index (χ4v) is 2.91. The second-order valence-electron chi connectivity index (χ2n) is 7.02. The molecule has 0 spiro atoms. The van der Waals surface area contributed by atoms with Crippen LogP contribution >= 0.6 is 0 Å². The average Bonchev–Trinajstić information content (AvgIpc) is 2.19. The van der Waals surface area contributed by atoms with E-state index in [0.29, 0.717) is 17.5 Å². The predicted octanol–water partition coefficient (Wildman–Crippen LogP) is 3.13. The molecule has 102 valence electrons. The standard InChI is InChI=1S/C15H32N2/c1-12(2)10-13(3)17(6)11-14-15(4,5)8-7-9-16-14/h12-14,16H,7-11H2,1-6H3. The summed E-state index contributed by atoms with van der Waals surface area (Å²) in [5.41, 5.74) is 0.448. The zero-order valence-electron chi connectivity index (χ0n) is 12.7. The molecule has 0 aromatic heterocycles. The first-order chi connectivity index (χ1) is 7.83. The molecular weight excluding hydrogens is 208 g/mol. The van der Waals surface area contributed by atoms with Crippen LogP contribution in [-0.4, -0.2) is 37.1 Å². The maximum Gasteiger partial charge on any atom is 0.0246 e. The van der Waals surface area contributed by atoms with Crippen LogP contribution in [0.25, 0.3) is 0 Å². The third-order valence-electron chi connectivity index (χ3n) is 4.37. The molecule has 1 N–H and O–H groups in total. The number of nitrogens with zero attached hydrogens (tertiary/aromatic N) is 1. The van der Waals surface area contributed by atoms with Crippen molar-refractivity contribution in [3.05, 3.63) is 0 Å². The number of hydrogen-bond donors (Lipinski definition) is 1. The van der Waals surface area contributed by atoms with E-state index in [1.165, 1.54) is 32.4 Å². The Hall–Kier alpha value is -0.0800. The first kappa shape index (κ1) is 15.0. The van der Waals surface area contributed by atoms with Crippen molar-refractivity contribution in [2.45, 2.75) is 66.0 Å². The molecule has 0 saturated carbocycles. The van der Waals surface area contributed by atoms with E-state index < -0.39 is 0 Å². The van der Waals surface area contributed by atoms with Gasteiger partial charge in [0, 0.05) is 18.6 Å². The molecule has 1 heterocycles. The highest BCUT2D eigenvalue weighted by molar-refractivity contribution is 4.90. The number of piperidine rings is 1. The molecule has 1 rings (SSSR count). The molecule has 0 amide bonds. The van der Waals surface area contributed by atoms with Crippen LogP contribution in [0.15, 0.2) is 0 Å². The van der Waals surface area contributed by atoms with Crippen molar-refractivity contribution >= 4 is 0 Å². The second-order valence-corrected chi connectivity index (χ2v) is 7.02. The van der Waals surface area contributed by atoms with Crippen LogP contribution in [0.5, 0.6) is 0 Å². The monoisotopic (exact) mass is 240 g/mol. The Morgan fingerprint density at radius 2 is 1.94 bits per heavy atom. The number of nitrogens with one attached hydrogen (secondary N) is 1. The highest BCUT2D eigenvalue weighted by Crippen LogP contribution is 2.30. The van der Waals surface area contributed by atoms with Gasteiger partial charge in [-0.05, 0) is 51.1 Å². The second kappa shape index (κ2) is 6.19. The summed E-state index contributed by atoms with van der Waals surface area (Å²) in [4.78, 5) is 2.53.